The van der Waals surface area contributed by atoms with Gasteiger partial charge in [-0.2, -0.15) is 0 Å². The van der Waals surface area contributed by atoms with Crippen LogP contribution in [-0.4, -0.2) is 83.0 Å². The number of amides is 1. The topological polar surface area (TPSA) is 96.5 Å². The van der Waals surface area contributed by atoms with Crippen LogP contribution in [0, 0.1) is 0 Å². The van der Waals surface area contributed by atoms with E-state index in [2.05, 4.69) is 31.9 Å². The molecule has 2 rings (SSSR count). The maximum Gasteiger partial charge on any atom is 0.239 e. The Balaban J connectivity index is 0.00000512. The zero-order valence-electron chi connectivity index (χ0n) is 20.0. The summed E-state index contributed by atoms with van der Waals surface area (Å²) in [4.78, 5) is 18.7. The van der Waals surface area contributed by atoms with Gasteiger partial charge in [-0.1, -0.05) is 6.07 Å². The van der Waals surface area contributed by atoms with E-state index < -0.39 is 0 Å². The number of benzene rings is 1. The average molecular weight is 563 g/mol. The van der Waals surface area contributed by atoms with Gasteiger partial charge in [0.25, 0.3) is 0 Å². The first kappa shape index (κ1) is 28.2. The van der Waals surface area contributed by atoms with Gasteiger partial charge in [-0.25, -0.2) is 0 Å². The van der Waals surface area contributed by atoms with Gasteiger partial charge in [0.2, 0.25) is 5.91 Å². The van der Waals surface area contributed by atoms with Crippen LogP contribution in [0.1, 0.15) is 32.4 Å². The Labute approximate surface area is 208 Å². The standard InChI is InChI=1S/C22H37N5O4.HI/c1-22(2,3)26-20(28)15-25-21(23-4)24-14-17(27-9-11-31-12-10-27)16-7-8-18(29-5)19(13-16)30-6;/h7-8,13,17H,9-12,14-15H2,1-6H3,(H,26,28)(H2,23,24,25);1H. The molecule has 0 aromatic heterocycles. The van der Waals surface area contributed by atoms with Crippen molar-refractivity contribution >= 4 is 35.8 Å². The molecule has 1 unspecified atom stereocenters. The summed E-state index contributed by atoms with van der Waals surface area (Å²) in [5, 5.41) is 9.37. The highest BCUT2D eigenvalue weighted by Gasteiger charge is 2.24. The van der Waals surface area contributed by atoms with Crippen molar-refractivity contribution in [1.82, 2.24) is 20.9 Å². The van der Waals surface area contributed by atoms with E-state index in [0.29, 0.717) is 37.2 Å². The number of hydrogen-bond donors (Lipinski definition) is 3. The average Bonchev–Trinajstić information content (AvgIpc) is 2.75. The van der Waals surface area contributed by atoms with Crippen LogP contribution >= 0.6 is 24.0 Å². The van der Waals surface area contributed by atoms with Crippen LogP contribution in [0.4, 0.5) is 0 Å². The second-order valence-corrected chi connectivity index (χ2v) is 8.38. The van der Waals surface area contributed by atoms with Crippen LogP contribution in [0.2, 0.25) is 0 Å². The molecule has 0 bridgehead atoms. The Morgan fingerprint density at radius 1 is 1.16 bits per heavy atom. The first-order valence-corrected chi connectivity index (χ1v) is 10.6. The smallest absolute Gasteiger partial charge is 0.239 e. The maximum atomic E-state index is 12.1. The lowest BCUT2D eigenvalue weighted by Gasteiger charge is -2.35. The van der Waals surface area contributed by atoms with Crippen LogP contribution < -0.4 is 25.4 Å². The van der Waals surface area contributed by atoms with Gasteiger partial charge in [0.1, 0.15) is 0 Å². The van der Waals surface area contributed by atoms with E-state index in [-0.39, 0.29) is 48.0 Å². The number of carbonyl (C=O) groups excluding carboxylic acids is 1. The first-order valence-electron chi connectivity index (χ1n) is 10.6. The number of rotatable bonds is 8. The molecule has 1 amide bonds. The number of hydrogen-bond acceptors (Lipinski definition) is 6. The second-order valence-electron chi connectivity index (χ2n) is 8.38. The molecule has 0 radical (unpaired) electrons. The number of ether oxygens (including phenoxy) is 3. The lowest BCUT2D eigenvalue weighted by molar-refractivity contribution is -0.121. The molecule has 1 aromatic rings. The fourth-order valence-corrected chi connectivity index (χ4v) is 3.45. The lowest BCUT2D eigenvalue weighted by atomic mass is 10.0. The minimum atomic E-state index is -0.273. The number of halogens is 1. The summed E-state index contributed by atoms with van der Waals surface area (Å²) in [5.74, 6) is 1.88. The van der Waals surface area contributed by atoms with E-state index in [1.165, 1.54) is 0 Å². The molecular weight excluding hydrogens is 525 g/mol. The van der Waals surface area contributed by atoms with Crippen LogP contribution in [0.25, 0.3) is 0 Å². The molecule has 182 valence electrons. The second kappa shape index (κ2) is 13.7. The fourth-order valence-electron chi connectivity index (χ4n) is 3.45. The van der Waals surface area contributed by atoms with Gasteiger partial charge in [0.05, 0.1) is 40.0 Å². The van der Waals surface area contributed by atoms with Crippen molar-refractivity contribution in [2.45, 2.75) is 32.4 Å². The molecule has 32 heavy (non-hydrogen) atoms. The predicted octanol–water partition coefficient (Wildman–Crippen LogP) is 1.77. The summed E-state index contributed by atoms with van der Waals surface area (Å²) in [5.41, 5.74) is 0.831. The zero-order valence-corrected chi connectivity index (χ0v) is 22.3. The monoisotopic (exact) mass is 563 g/mol. The van der Waals surface area contributed by atoms with Crippen molar-refractivity contribution in [2.24, 2.45) is 4.99 Å². The van der Waals surface area contributed by atoms with Crippen molar-refractivity contribution in [3.63, 3.8) is 0 Å². The van der Waals surface area contributed by atoms with Crippen molar-refractivity contribution in [3.05, 3.63) is 23.8 Å². The SMILES string of the molecule is CN=C(NCC(=O)NC(C)(C)C)NCC(c1ccc(OC)c(OC)c1)N1CCOCC1.I. The molecule has 1 aliphatic rings. The zero-order chi connectivity index (χ0) is 22.9. The normalized spacial score (nSPS) is 15.9. The van der Waals surface area contributed by atoms with Gasteiger partial charge in [-0.15, -0.1) is 24.0 Å². The van der Waals surface area contributed by atoms with Crippen LogP contribution in [-0.2, 0) is 9.53 Å². The third-order valence-electron chi connectivity index (χ3n) is 4.90. The molecule has 10 heteroatoms. The van der Waals surface area contributed by atoms with Gasteiger partial charge in [0, 0.05) is 32.2 Å². The van der Waals surface area contributed by atoms with Crippen LogP contribution in [0.15, 0.2) is 23.2 Å². The molecule has 0 spiro atoms. The van der Waals surface area contributed by atoms with Crippen molar-refractivity contribution in [2.75, 3.05) is 60.7 Å². The summed E-state index contributed by atoms with van der Waals surface area (Å²) in [6, 6.07) is 6.06. The largest absolute Gasteiger partial charge is 0.493 e. The van der Waals surface area contributed by atoms with Gasteiger partial charge in [-0.05, 0) is 38.5 Å². The summed E-state index contributed by atoms with van der Waals surface area (Å²) < 4.78 is 16.4. The Morgan fingerprint density at radius 3 is 2.38 bits per heavy atom. The number of carbonyl (C=O) groups is 1. The minimum Gasteiger partial charge on any atom is -0.493 e. The molecule has 1 aliphatic heterocycles. The van der Waals surface area contributed by atoms with E-state index in [1.54, 1.807) is 21.3 Å². The number of methoxy groups -OCH3 is 2. The van der Waals surface area contributed by atoms with E-state index in [9.17, 15) is 4.79 Å². The molecule has 1 fully saturated rings. The predicted molar refractivity (Wildman–Crippen MR) is 137 cm³/mol. The Kier molecular flexibility index (Phi) is 12.1. The quantitative estimate of drug-likeness (QED) is 0.252. The molecule has 1 heterocycles. The van der Waals surface area contributed by atoms with E-state index >= 15 is 0 Å². The molecule has 1 atom stereocenters. The summed E-state index contributed by atoms with van der Waals surface area (Å²) in [7, 11) is 4.96. The lowest BCUT2D eigenvalue weighted by Crippen LogP contribution is -2.50. The highest BCUT2D eigenvalue weighted by molar-refractivity contribution is 14.0. The summed E-state index contributed by atoms with van der Waals surface area (Å²) in [6.07, 6.45) is 0. The number of nitrogens with one attached hydrogen (secondary N) is 3. The minimum absolute atomic E-state index is 0. The molecule has 0 saturated carbocycles. The van der Waals surface area contributed by atoms with Gasteiger partial charge >= 0.3 is 0 Å². The van der Waals surface area contributed by atoms with E-state index in [0.717, 1.165) is 18.7 Å². The fraction of sp³-hybridized carbons (Fsp3) is 0.636. The van der Waals surface area contributed by atoms with E-state index in [4.69, 9.17) is 14.2 Å². The maximum absolute atomic E-state index is 12.1. The Bertz CT molecular complexity index is 748. The molecule has 1 saturated heterocycles. The highest BCUT2D eigenvalue weighted by atomic mass is 127. The number of morpholine rings is 1. The van der Waals surface area contributed by atoms with Crippen molar-refractivity contribution < 1.29 is 19.0 Å². The number of guanidine groups is 1. The van der Waals surface area contributed by atoms with Gasteiger partial charge < -0.3 is 30.2 Å². The molecule has 1 aromatic carbocycles. The first-order chi connectivity index (χ1) is 14.8. The molecule has 3 N–H and O–H groups in total. The third kappa shape index (κ3) is 8.99. The Morgan fingerprint density at radius 2 is 1.81 bits per heavy atom. The Hall–Kier alpha value is -1.79. The van der Waals surface area contributed by atoms with Gasteiger partial charge in [-0.3, -0.25) is 14.7 Å². The molecule has 9 nitrogen and oxygen atoms in total. The number of nitrogens with zero attached hydrogens (tertiary/aromatic N) is 2. The molecule has 0 aliphatic carbocycles. The van der Waals surface area contributed by atoms with Gasteiger partial charge in [0.15, 0.2) is 17.5 Å². The number of aliphatic imine (C=N–C) groups is 1. The van der Waals surface area contributed by atoms with Crippen molar-refractivity contribution in [1.29, 1.82) is 0 Å². The summed E-state index contributed by atoms with van der Waals surface area (Å²) in [6.45, 7) is 9.68. The summed E-state index contributed by atoms with van der Waals surface area (Å²) >= 11 is 0. The van der Waals surface area contributed by atoms with Crippen molar-refractivity contribution in [3.8, 4) is 11.5 Å². The molecular formula is C22H38IN5O4. The third-order valence-corrected chi connectivity index (χ3v) is 4.90. The van der Waals surface area contributed by atoms with E-state index in [1.807, 2.05) is 32.9 Å². The highest BCUT2D eigenvalue weighted by Crippen LogP contribution is 2.32. The van der Waals surface area contributed by atoms with Crippen LogP contribution in [0.5, 0.6) is 11.5 Å². The van der Waals surface area contributed by atoms with Crippen LogP contribution in [0.3, 0.4) is 0 Å².